The highest BCUT2D eigenvalue weighted by Gasteiger charge is 2.34. The minimum atomic E-state index is 0.253. The summed E-state index contributed by atoms with van der Waals surface area (Å²) in [5, 5.41) is 0.613. The zero-order valence-electron chi connectivity index (χ0n) is 10.4. The van der Waals surface area contributed by atoms with Gasteiger partial charge in [0.05, 0.1) is 5.02 Å². The second-order valence-electron chi connectivity index (χ2n) is 4.99. The van der Waals surface area contributed by atoms with E-state index in [0.717, 1.165) is 30.8 Å². The summed E-state index contributed by atoms with van der Waals surface area (Å²) in [5.41, 5.74) is 6.93. The summed E-state index contributed by atoms with van der Waals surface area (Å²) in [6, 6.07) is 4.26. The Morgan fingerprint density at radius 1 is 1.39 bits per heavy atom. The lowest BCUT2D eigenvalue weighted by Gasteiger charge is -2.21. The molecule has 2 aliphatic heterocycles. The molecule has 1 saturated heterocycles. The topological polar surface area (TPSA) is 47.7 Å². The van der Waals surface area contributed by atoms with Crippen LogP contribution in [0.2, 0.25) is 5.02 Å². The Labute approximate surface area is 112 Å². The number of benzene rings is 1. The van der Waals surface area contributed by atoms with Crippen LogP contribution in [0.25, 0.3) is 0 Å². The molecule has 98 valence electrons. The van der Waals surface area contributed by atoms with Gasteiger partial charge in [0.1, 0.15) is 0 Å². The quantitative estimate of drug-likeness (QED) is 0.892. The second-order valence-corrected chi connectivity index (χ2v) is 5.40. The molecule has 1 aromatic rings. The molecule has 2 heterocycles. The molecule has 18 heavy (non-hydrogen) atoms. The van der Waals surface area contributed by atoms with E-state index in [1.807, 2.05) is 12.1 Å². The van der Waals surface area contributed by atoms with Crippen molar-refractivity contribution in [3.8, 4) is 11.5 Å². The van der Waals surface area contributed by atoms with Crippen LogP contribution >= 0.6 is 11.6 Å². The molecule has 0 amide bonds. The summed E-state index contributed by atoms with van der Waals surface area (Å²) in [6.45, 7) is 2.01. The van der Waals surface area contributed by atoms with Crippen LogP contribution in [-0.2, 0) is 0 Å². The summed E-state index contributed by atoms with van der Waals surface area (Å²) in [6.07, 6.45) is 1.06. The summed E-state index contributed by atoms with van der Waals surface area (Å²) in [4.78, 5) is 2.32. The highest BCUT2D eigenvalue weighted by molar-refractivity contribution is 6.32. The Kier molecular flexibility index (Phi) is 3.09. The van der Waals surface area contributed by atoms with Gasteiger partial charge in [-0.3, -0.25) is 4.90 Å². The van der Waals surface area contributed by atoms with Gasteiger partial charge >= 0.3 is 0 Å². The number of nitrogens with zero attached hydrogens (tertiary/aromatic N) is 1. The zero-order valence-corrected chi connectivity index (χ0v) is 11.1. The Morgan fingerprint density at radius 3 is 2.89 bits per heavy atom. The molecule has 0 radical (unpaired) electrons. The van der Waals surface area contributed by atoms with Crippen LogP contribution in [0.1, 0.15) is 18.0 Å². The molecule has 1 fully saturated rings. The fraction of sp³-hybridized carbons (Fsp3) is 0.538. The monoisotopic (exact) mass is 268 g/mol. The van der Waals surface area contributed by atoms with E-state index in [2.05, 4.69) is 11.9 Å². The summed E-state index contributed by atoms with van der Waals surface area (Å²) in [7, 11) is 2.12. The lowest BCUT2D eigenvalue weighted by atomic mass is 9.99. The third kappa shape index (κ3) is 1.85. The van der Waals surface area contributed by atoms with Crippen LogP contribution in [0.3, 0.4) is 0 Å². The normalized spacial score (nSPS) is 26.8. The Morgan fingerprint density at radius 2 is 2.17 bits per heavy atom. The van der Waals surface area contributed by atoms with Crippen molar-refractivity contribution in [2.24, 2.45) is 11.7 Å². The van der Waals surface area contributed by atoms with Gasteiger partial charge in [0.2, 0.25) is 6.79 Å². The largest absolute Gasteiger partial charge is 0.453 e. The van der Waals surface area contributed by atoms with Crippen LogP contribution in [0, 0.1) is 5.92 Å². The summed E-state index contributed by atoms with van der Waals surface area (Å²) < 4.78 is 11.0. The number of ether oxygens (including phenoxy) is 2. The highest BCUT2D eigenvalue weighted by atomic mass is 35.5. The van der Waals surface area contributed by atoms with Gasteiger partial charge < -0.3 is 15.2 Å². The molecule has 2 aliphatic rings. The predicted molar refractivity (Wildman–Crippen MR) is 70.1 cm³/mol. The van der Waals surface area contributed by atoms with Gasteiger partial charge in [0, 0.05) is 18.2 Å². The van der Waals surface area contributed by atoms with Gasteiger partial charge in [-0.25, -0.2) is 0 Å². The van der Waals surface area contributed by atoms with Gasteiger partial charge in [0.15, 0.2) is 11.5 Å². The van der Waals surface area contributed by atoms with Crippen molar-refractivity contribution in [2.45, 2.75) is 12.5 Å². The molecule has 0 spiro atoms. The van der Waals surface area contributed by atoms with Crippen LogP contribution in [-0.4, -0.2) is 31.8 Å². The first kappa shape index (κ1) is 12.1. The van der Waals surface area contributed by atoms with Crippen LogP contribution < -0.4 is 15.2 Å². The lowest BCUT2D eigenvalue weighted by Crippen LogP contribution is -2.20. The number of hydrogen-bond donors (Lipinski definition) is 1. The Bertz CT molecular complexity index is 467. The molecular weight excluding hydrogens is 252 g/mol. The zero-order chi connectivity index (χ0) is 12.7. The standard InChI is InChI=1S/C13H17ClN2O2/c1-16-6-8(5-15)4-11(16)9-2-3-10(14)13-12(9)17-7-18-13/h2-3,8,11H,4-7,15H2,1H3. The third-order valence-corrected chi connectivity index (χ3v) is 4.13. The van der Waals surface area contributed by atoms with E-state index in [1.54, 1.807) is 0 Å². The average Bonchev–Trinajstić information content (AvgIpc) is 2.97. The third-order valence-electron chi connectivity index (χ3n) is 3.83. The van der Waals surface area contributed by atoms with Crippen LogP contribution in [0.5, 0.6) is 11.5 Å². The van der Waals surface area contributed by atoms with E-state index < -0.39 is 0 Å². The molecule has 4 nitrogen and oxygen atoms in total. The Balaban J connectivity index is 1.96. The molecule has 0 bridgehead atoms. The van der Waals surface area contributed by atoms with E-state index >= 15 is 0 Å². The molecule has 3 rings (SSSR count). The maximum Gasteiger partial charge on any atom is 0.231 e. The first-order valence-electron chi connectivity index (χ1n) is 6.19. The first-order valence-corrected chi connectivity index (χ1v) is 6.56. The smallest absolute Gasteiger partial charge is 0.231 e. The van der Waals surface area contributed by atoms with E-state index in [4.69, 9.17) is 26.8 Å². The van der Waals surface area contributed by atoms with Gasteiger partial charge in [-0.2, -0.15) is 0 Å². The van der Waals surface area contributed by atoms with Gasteiger partial charge in [0.25, 0.3) is 0 Å². The van der Waals surface area contributed by atoms with E-state index in [-0.39, 0.29) is 6.79 Å². The maximum absolute atomic E-state index is 6.10. The predicted octanol–water partition coefficient (Wildman–Crippen LogP) is 2.02. The number of rotatable bonds is 2. The molecule has 0 aliphatic carbocycles. The second kappa shape index (κ2) is 4.61. The molecule has 2 N–H and O–H groups in total. The fourth-order valence-electron chi connectivity index (χ4n) is 2.89. The van der Waals surface area contributed by atoms with Gasteiger partial charge in [-0.1, -0.05) is 17.7 Å². The van der Waals surface area contributed by atoms with Crippen molar-refractivity contribution in [3.05, 3.63) is 22.7 Å². The number of nitrogens with two attached hydrogens (primary N) is 1. The molecular formula is C13H17ClN2O2. The Hall–Kier alpha value is -0.970. The van der Waals surface area contributed by atoms with Gasteiger partial charge in [-0.15, -0.1) is 0 Å². The first-order chi connectivity index (χ1) is 8.70. The molecule has 1 aromatic carbocycles. The van der Waals surface area contributed by atoms with Crippen molar-refractivity contribution in [1.82, 2.24) is 4.90 Å². The molecule has 0 saturated carbocycles. The molecule has 5 heteroatoms. The number of hydrogen-bond acceptors (Lipinski definition) is 4. The fourth-order valence-corrected chi connectivity index (χ4v) is 3.09. The van der Waals surface area contributed by atoms with Gasteiger partial charge in [-0.05, 0) is 32.0 Å². The van der Waals surface area contributed by atoms with Crippen LogP contribution in [0.15, 0.2) is 12.1 Å². The summed E-state index contributed by atoms with van der Waals surface area (Å²) in [5.74, 6) is 2.03. The van der Waals surface area contributed by atoms with Crippen molar-refractivity contribution < 1.29 is 9.47 Å². The van der Waals surface area contributed by atoms with E-state index in [9.17, 15) is 0 Å². The van der Waals surface area contributed by atoms with Crippen molar-refractivity contribution in [2.75, 3.05) is 26.9 Å². The highest BCUT2D eigenvalue weighted by Crippen LogP contribution is 2.47. The number of halogens is 1. The molecule has 2 atom stereocenters. The average molecular weight is 269 g/mol. The van der Waals surface area contributed by atoms with E-state index in [0.29, 0.717) is 22.7 Å². The van der Waals surface area contributed by atoms with E-state index in [1.165, 1.54) is 0 Å². The number of likely N-dealkylation sites (tertiary alicyclic amines) is 1. The number of fused-ring (bicyclic) bond motifs is 1. The maximum atomic E-state index is 6.10. The minimum absolute atomic E-state index is 0.253. The summed E-state index contributed by atoms with van der Waals surface area (Å²) >= 11 is 6.10. The SMILES string of the molecule is CN1CC(CN)CC1c1ccc(Cl)c2c1OCO2. The van der Waals surface area contributed by atoms with Crippen LogP contribution in [0.4, 0.5) is 0 Å². The van der Waals surface area contributed by atoms with Crippen molar-refractivity contribution in [1.29, 1.82) is 0 Å². The lowest BCUT2D eigenvalue weighted by molar-refractivity contribution is 0.171. The minimum Gasteiger partial charge on any atom is -0.453 e. The molecule has 0 aromatic heterocycles. The van der Waals surface area contributed by atoms with Crippen molar-refractivity contribution in [3.63, 3.8) is 0 Å². The van der Waals surface area contributed by atoms with Crippen molar-refractivity contribution >= 4 is 11.6 Å². The molecule has 2 unspecified atom stereocenters.